The van der Waals surface area contributed by atoms with Gasteiger partial charge in [0.15, 0.2) is 0 Å². The molecule has 0 saturated carbocycles. The van der Waals surface area contributed by atoms with Gasteiger partial charge in [-0.15, -0.1) is 11.6 Å². The number of rotatable bonds is 6. The third kappa shape index (κ3) is 4.68. The van der Waals surface area contributed by atoms with Crippen molar-refractivity contribution in [2.45, 2.75) is 24.5 Å². The fourth-order valence-corrected chi connectivity index (χ4v) is 4.50. The molecular weight excluding hydrogens is 310 g/mol. The Labute approximate surface area is 132 Å². The molecule has 0 aliphatic carbocycles. The summed E-state index contributed by atoms with van der Waals surface area (Å²) in [4.78, 5) is 0. The highest BCUT2D eigenvalue weighted by Gasteiger charge is 2.28. The first-order valence-corrected chi connectivity index (χ1v) is 9.30. The summed E-state index contributed by atoms with van der Waals surface area (Å²) in [6.45, 7) is 1.80. The van der Waals surface area contributed by atoms with Crippen LogP contribution in [0.5, 0.6) is 0 Å². The van der Waals surface area contributed by atoms with Crippen molar-refractivity contribution in [3.8, 4) is 0 Å². The SMILES string of the molecule is COCC1CCCN(S(=O)(=O)Cc2ccc(CCl)cc2)C1. The minimum atomic E-state index is -3.26. The minimum Gasteiger partial charge on any atom is -0.384 e. The van der Waals surface area contributed by atoms with Gasteiger partial charge in [0, 0.05) is 26.1 Å². The van der Waals surface area contributed by atoms with Crippen LogP contribution in [0.1, 0.15) is 24.0 Å². The Hall–Kier alpha value is -0.620. The Morgan fingerprint density at radius 2 is 1.95 bits per heavy atom. The topological polar surface area (TPSA) is 46.6 Å². The smallest absolute Gasteiger partial charge is 0.218 e. The number of ether oxygens (including phenoxy) is 1. The number of piperidine rings is 1. The van der Waals surface area contributed by atoms with Crippen LogP contribution in [0, 0.1) is 5.92 Å². The molecule has 1 unspecified atom stereocenters. The molecule has 21 heavy (non-hydrogen) atoms. The van der Waals surface area contributed by atoms with E-state index in [1.807, 2.05) is 24.3 Å². The molecule has 0 spiro atoms. The second kappa shape index (κ2) is 7.58. The van der Waals surface area contributed by atoms with Gasteiger partial charge < -0.3 is 4.74 Å². The lowest BCUT2D eigenvalue weighted by Crippen LogP contribution is -2.41. The lowest BCUT2D eigenvalue weighted by molar-refractivity contribution is 0.118. The van der Waals surface area contributed by atoms with Gasteiger partial charge in [0.2, 0.25) is 10.0 Å². The number of nitrogens with zero attached hydrogens (tertiary/aromatic N) is 1. The van der Waals surface area contributed by atoms with E-state index in [1.54, 1.807) is 11.4 Å². The molecule has 1 aliphatic heterocycles. The molecule has 1 fully saturated rings. The van der Waals surface area contributed by atoms with E-state index in [9.17, 15) is 8.42 Å². The van der Waals surface area contributed by atoms with E-state index >= 15 is 0 Å². The molecule has 1 atom stereocenters. The quantitative estimate of drug-likeness (QED) is 0.753. The molecule has 1 aromatic rings. The van der Waals surface area contributed by atoms with E-state index in [2.05, 4.69) is 0 Å². The van der Waals surface area contributed by atoms with E-state index < -0.39 is 10.0 Å². The summed E-state index contributed by atoms with van der Waals surface area (Å²) in [5, 5.41) is 0. The number of sulfonamides is 1. The summed E-state index contributed by atoms with van der Waals surface area (Å²) in [6, 6.07) is 7.43. The predicted molar refractivity (Wildman–Crippen MR) is 84.8 cm³/mol. The second-order valence-corrected chi connectivity index (χ2v) is 7.76. The number of alkyl halides is 1. The Balaban J connectivity index is 2.03. The van der Waals surface area contributed by atoms with Crippen molar-refractivity contribution in [3.63, 3.8) is 0 Å². The monoisotopic (exact) mass is 331 g/mol. The van der Waals surface area contributed by atoms with Crippen LogP contribution in [0.4, 0.5) is 0 Å². The van der Waals surface area contributed by atoms with Crippen molar-refractivity contribution in [1.82, 2.24) is 4.31 Å². The van der Waals surface area contributed by atoms with Gasteiger partial charge in [-0.25, -0.2) is 12.7 Å². The largest absolute Gasteiger partial charge is 0.384 e. The summed E-state index contributed by atoms with van der Waals surface area (Å²) in [5.74, 6) is 0.796. The van der Waals surface area contributed by atoms with Crippen LogP contribution >= 0.6 is 11.6 Å². The third-order valence-corrected chi connectivity index (χ3v) is 5.93. The number of hydrogen-bond donors (Lipinski definition) is 0. The minimum absolute atomic E-state index is 0.0509. The van der Waals surface area contributed by atoms with Gasteiger partial charge in [-0.2, -0.15) is 0 Å². The third-order valence-electron chi connectivity index (χ3n) is 3.80. The lowest BCUT2D eigenvalue weighted by atomic mass is 10.0. The van der Waals surface area contributed by atoms with E-state index in [0.29, 0.717) is 31.5 Å². The molecule has 1 heterocycles. The van der Waals surface area contributed by atoms with Crippen LogP contribution in [-0.4, -0.2) is 39.5 Å². The normalized spacial score (nSPS) is 20.6. The van der Waals surface area contributed by atoms with Gasteiger partial charge >= 0.3 is 0 Å². The number of benzene rings is 1. The van der Waals surface area contributed by atoms with E-state index in [4.69, 9.17) is 16.3 Å². The molecule has 0 amide bonds. The molecule has 1 aliphatic rings. The molecule has 6 heteroatoms. The van der Waals surface area contributed by atoms with Crippen molar-refractivity contribution >= 4 is 21.6 Å². The van der Waals surface area contributed by atoms with Crippen LogP contribution in [0.3, 0.4) is 0 Å². The average Bonchev–Trinajstić information content (AvgIpc) is 2.48. The van der Waals surface area contributed by atoms with Gasteiger partial charge in [0.25, 0.3) is 0 Å². The standard InChI is InChI=1S/C15H22ClNO3S/c1-20-11-15-3-2-8-17(10-15)21(18,19)12-14-6-4-13(9-16)5-7-14/h4-7,15H,2-3,8-12H2,1H3. The van der Waals surface area contributed by atoms with Crippen LogP contribution in [-0.2, 0) is 26.4 Å². The summed E-state index contributed by atoms with van der Waals surface area (Å²) in [5.41, 5.74) is 1.80. The highest BCUT2D eigenvalue weighted by atomic mass is 35.5. The number of halogens is 1. The molecule has 118 valence electrons. The second-order valence-electron chi connectivity index (χ2n) is 5.53. The van der Waals surface area contributed by atoms with Crippen LogP contribution < -0.4 is 0 Å². The van der Waals surface area contributed by atoms with E-state index in [0.717, 1.165) is 24.0 Å². The average molecular weight is 332 g/mol. The summed E-state index contributed by atoms with van der Waals surface area (Å²) in [7, 11) is -1.60. The zero-order valence-electron chi connectivity index (χ0n) is 12.3. The maximum absolute atomic E-state index is 12.5. The molecule has 2 rings (SSSR count). The molecular formula is C15H22ClNO3S. The number of hydrogen-bond acceptors (Lipinski definition) is 3. The molecule has 0 radical (unpaired) electrons. The van der Waals surface area contributed by atoms with Crippen molar-refractivity contribution in [3.05, 3.63) is 35.4 Å². The lowest BCUT2D eigenvalue weighted by Gasteiger charge is -2.31. The van der Waals surface area contributed by atoms with Gasteiger partial charge in [-0.05, 0) is 29.9 Å². The van der Waals surface area contributed by atoms with Crippen LogP contribution in [0.25, 0.3) is 0 Å². The summed E-state index contributed by atoms with van der Waals surface area (Å²) in [6.07, 6.45) is 1.93. The maximum atomic E-state index is 12.5. The molecule has 0 bridgehead atoms. The maximum Gasteiger partial charge on any atom is 0.218 e. The summed E-state index contributed by atoms with van der Waals surface area (Å²) < 4.78 is 31.8. The van der Waals surface area contributed by atoms with E-state index in [1.165, 1.54) is 0 Å². The molecule has 4 nitrogen and oxygen atoms in total. The zero-order valence-corrected chi connectivity index (χ0v) is 13.9. The Bertz CT molecular complexity index is 543. The number of methoxy groups -OCH3 is 1. The molecule has 1 aromatic carbocycles. The zero-order chi connectivity index (χ0) is 15.3. The van der Waals surface area contributed by atoms with Crippen molar-refractivity contribution in [1.29, 1.82) is 0 Å². The first-order chi connectivity index (χ1) is 10.0. The fourth-order valence-electron chi connectivity index (χ4n) is 2.68. The highest BCUT2D eigenvalue weighted by molar-refractivity contribution is 7.88. The van der Waals surface area contributed by atoms with Crippen LogP contribution in [0.2, 0.25) is 0 Å². The predicted octanol–water partition coefficient (Wildman–Crippen LogP) is 2.61. The van der Waals surface area contributed by atoms with Gasteiger partial charge in [0.1, 0.15) is 0 Å². The van der Waals surface area contributed by atoms with E-state index in [-0.39, 0.29) is 5.75 Å². The molecule has 0 N–H and O–H groups in total. The van der Waals surface area contributed by atoms with Crippen molar-refractivity contribution in [2.75, 3.05) is 26.8 Å². The van der Waals surface area contributed by atoms with Gasteiger partial charge in [0.05, 0.1) is 12.4 Å². The van der Waals surface area contributed by atoms with Gasteiger partial charge in [-0.1, -0.05) is 24.3 Å². The molecule has 1 saturated heterocycles. The Kier molecular flexibility index (Phi) is 6.05. The van der Waals surface area contributed by atoms with Crippen LogP contribution in [0.15, 0.2) is 24.3 Å². The van der Waals surface area contributed by atoms with Crippen molar-refractivity contribution < 1.29 is 13.2 Å². The highest BCUT2D eigenvalue weighted by Crippen LogP contribution is 2.21. The summed E-state index contributed by atoms with van der Waals surface area (Å²) >= 11 is 5.74. The molecule has 0 aromatic heterocycles. The Morgan fingerprint density at radius 1 is 1.29 bits per heavy atom. The first-order valence-electron chi connectivity index (χ1n) is 7.15. The fraction of sp³-hybridized carbons (Fsp3) is 0.600. The van der Waals surface area contributed by atoms with Crippen molar-refractivity contribution in [2.24, 2.45) is 5.92 Å². The Morgan fingerprint density at radius 3 is 2.57 bits per heavy atom. The van der Waals surface area contributed by atoms with Gasteiger partial charge in [-0.3, -0.25) is 0 Å². The first kappa shape index (κ1) is 16.7.